The third-order valence-electron chi connectivity index (χ3n) is 5.34. The molecule has 1 aliphatic carbocycles. The zero-order valence-electron chi connectivity index (χ0n) is 16.6. The number of pyridine rings is 1. The topological polar surface area (TPSA) is 62.8 Å². The summed E-state index contributed by atoms with van der Waals surface area (Å²) in [5.41, 5.74) is 5.79. The van der Waals surface area contributed by atoms with Gasteiger partial charge in [0.1, 0.15) is 17.3 Å². The van der Waals surface area contributed by atoms with Crippen molar-refractivity contribution in [3.63, 3.8) is 0 Å². The van der Waals surface area contributed by atoms with Crippen molar-refractivity contribution in [3.05, 3.63) is 71.9 Å². The molecule has 5 heteroatoms. The summed E-state index contributed by atoms with van der Waals surface area (Å²) in [7, 11) is 0. The number of hydrogen-bond donors (Lipinski definition) is 2. The summed E-state index contributed by atoms with van der Waals surface area (Å²) < 4.78 is 5.86. The molecule has 2 aromatic carbocycles. The number of hydrogen-bond acceptors (Lipinski definition) is 4. The maximum atomic E-state index is 5.86. The number of H-pyrrole nitrogens is 1. The molecule has 29 heavy (non-hydrogen) atoms. The van der Waals surface area contributed by atoms with Crippen molar-refractivity contribution in [2.24, 2.45) is 0 Å². The number of nitrogens with one attached hydrogen (secondary N) is 2. The lowest BCUT2D eigenvalue weighted by molar-refractivity contribution is 0.243. The number of aromatic amines is 1. The van der Waals surface area contributed by atoms with Crippen LogP contribution in [-0.2, 0) is 12.8 Å². The van der Waals surface area contributed by atoms with E-state index in [2.05, 4.69) is 56.9 Å². The number of fused-ring (bicyclic) bond motifs is 2. The molecule has 2 aromatic heterocycles. The average molecular weight is 384 g/mol. The summed E-state index contributed by atoms with van der Waals surface area (Å²) in [6, 6.07) is 19.1. The number of nitrogens with zero attached hydrogens (tertiary/aromatic N) is 2. The summed E-state index contributed by atoms with van der Waals surface area (Å²) in [6.07, 6.45) is 4.04. The molecule has 0 aliphatic heterocycles. The highest BCUT2D eigenvalue weighted by Crippen LogP contribution is 2.31. The Labute approximate surface area is 170 Å². The van der Waals surface area contributed by atoms with E-state index in [1.54, 1.807) is 0 Å². The van der Waals surface area contributed by atoms with Crippen LogP contribution < -0.4 is 10.1 Å². The molecule has 2 heterocycles. The van der Waals surface area contributed by atoms with Crippen LogP contribution in [0, 0.1) is 0 Å². The van der Waals surface area contributed by atoms with Gasteiger partial charge in [0.2, 0.25) is 0 Å². The predicted molar refractivity (Wildman–Crippen MR) is 116 cm³/mol. The van der Waals surface area contributed by atoms with Crippen LogP contribution in [0.2, 0.25) is 0 Å². The van der Waals surface area contributed by atoms with E-state index in [4.69, 9.17) is 4.74 Å². The van der Waals surface area contributed by atoms with Crippen molar-refractivity contribution >= 4 is 16.7 Å². The highest BCUT2D eigenvalue weighted by molar-refractivity contribution is 5.94. The molecular weight excluding hydrogens is 360 g/mol. The maximum Gasteiger partial charge on any atom is 0.126 e. The lowest BCUT2D eigenvalue weighted by Gasteiger charge is -2.13. The summed E-state index contributed by atoms with van der Waals surface area (Å²) in [4.78, 5) is 4.54. The molecule has 2 N–H and O–H groups in total. The fourth-order valence-electron chi connectivity index (χ4n) is 4.09. The van der Waals surface area contributed by atoms with E-state index in [0.717, 1.165) is 46.6 Å². The van der Waals surface area contributed by atoms with Crippen LogP contribution in [0.4, 0.5) is 5.82 Å². The Balaban J connectivity index is 1.41. The molecule has 0 fully saturated rings. The third-order valence-corrected chi connectivity index (χ3v) is 5.34. The summed E-state index contributed by atoms with van der Waals surface area (Å²) in [5.74, 6) is 1.73. The van der Waals surface area contributed by atoms with Gasteiger partial charge in [0, 0.05) is 23.2 Å². The zero-order valence-corrected chi connectivity index (χ0v) is 16.6. The molecule has 5 rings (SSSR count). The van der Waals surface area contributed by atoms with E-state index < -0.39 is 0 Å². The van der Waals surface area contributed by atoms with Crippen LogP contribution in [0.15, 0.2) is 60.8 Å². The van der Waals surface area contributed by atoms with Gasteiger partial charge in [-0.3, -0.25) is 5.10 Å². The van der Waals surface area contributed by atoms with Gasteiger partial charge >= 0.3 is 0 Å². The molecule has 0 saturated heterocycles. The molecule has 0 bridgehead atoms. The second kappa shape index (κ2) is 7.24. The van der Waals surface area contributed by atoms with Crippen LogP contribution in [0.25, 0.3) is 22.2 Å². The SMILES string of the molecule is CC(C)Oc1ccc2[nH]nc(-c3ccnc(NC4Cc5ccccc5C4)c3)c2c1. The van der Waals surface area contributed by atoms with Gasteiger partial charge in [0.15, 0.2) is 0 Å². The van der Waals surface area contributed by atoms with E-state index in [1.165, 1.54) is 11.1 Å². The Hall–Kier alpha value is -3.34. The van der Waals surface area contributed by atoms with Crippen molar-refractivity contribution in [1.29, 1.82) is 0 Å². The van der Waals surface area contributed by atoms with E-state index in [-0.39, 0.29) is 6.10 Å². The molecule has 0 atom stereocenters. The molecule has 5 nitrogen and oxygen atoms in total. The molecule has 1 aliphatic rings. The number of benzene rings is 2. The normalized spacial score (nSPS) is 13.8. The second-order valence-corrected chi connectivity index (χ2v) is 7.89. The first-order valence-corrected chi connectivity index (χ1v) is 10.1. The quantitative estimate of drug-likeness (QED) is 0.509. The van der Waals surface area contributed by atoms with Crippen molar-refractivity contribution in [2.45, 2.75) is 38.8 Å². The largest absolute Gasteiger partial charge is 0.491 e. The monoisotopic (exact) mass is 384 g/mol. The van der Waals surface area contributed by atoms with Gasteiger partial charge in [-0.15, -0.1) is 0 Å². The number of anilines is 1. The lowest BCUT2D eigenvalue weighted by Crippen LogP contribution is -2.20. The molecule has 0 saturated carbocycles. The molecule has 0 amide bonds. The number of aromatic nitrogens is 3. The minimum atomic E-state index is 0.134. The van der Waals surface area contributed by atoms with Crippen molar-refractivity contribution in [1.82, 2.24) is 15.2 Å². The summed E-state index contributed by atoms with van der Waals surface area (Å²) in [5, 5.41) is 12.3. The van der Waals surface area contributed by atoms with Gasteiger partial charge in [0.25, 0.3) is 0 Å². The van der Waals surface area contributed by atoms with E-state index in [9.17, 15) is 0 Å². The van der Waals surface area contributed by atoms with Crippen LogP contribution in [-0.4, -0.2) is 27.3 Å². The number of ether oxygens (including phenoxy) is 1. The fraction of sp³-hybridized carbons (Fsp3) is 0.250. The van der Waals surface area contributed by atoms with E-state index in [0.29, 0.717) is 6.04 Å². The van der Waals surface area contributed by atoms with Gasteiger partial charge < -0.3 is 10.1 Å². The Kier molecular flexibility index (Phi) is 4.43. The fourth-order valence-corrected chi connectivity index (χ4v) is 4.09. The van der Waals surface area contributed by atoms with Crippen molar-refractivity contribution in [2.75, 3.05) is 5.32 Å². The molecule has 4 aromatic rings. The summed E-state index contributed by atoms with van der Waals surface area (Å²) in [6.45, 7) is 4.06. The Morgan fingerprint density at radius 3 is 2.59 bits per heavy atom. The molecule has 0 unspecified atom stereocenters. The van der Waals surface area contributed by atoms with Crippen LogP contribution >= 0.6 is 0 Å². The zero-order chi connectivity index (χ0) is 19.8. The molecular formula is C24H24N4O. The number of rotatable bonds is 5. The van der Waals surface area contributed by atoms with Gasteiger partial charge in [0.05, 0.1) is 11.6 Å². The molecule has 146 valence electrons. The van der Waals surface area contributed by atoms with Gasteiger partial charge in [-0.25, -0.2) is 4.98 Å². The van der Waals surface area contributed by atoms with Crippen LogP contribution in [0.1, 0.15) is 25.0 Å². The minimum absolute atomic E-state index is 0.134. The first kappa shape index (κ1) is 17.7. The van der Waals surface area contributed by atoms with Crippen LogP contribution in [0.3, 0.4) is 0 Å². The Bertz CT molecular complexity index is 1140. The highest BCUT2D eigenvalue weighted by Gasteiger charge is 2.21. The minimum Gasteiger partial charge on any atom is -0.491 e. The first-order chi connectivity index (χ1) is 14.2. The highest BCUT2D eigenvalue weighted by atomic mass is 16.5. The smallest absolute Gasteiger partial charge is 0.126 e. The molecule has 0 spiro atoms. The van der Waals surface area contributed by atoms with Gasteiger partial charge in [-0.2, -0.15) is 5.10 Å². The third kappa shape index (κ3) is 3.56. The van der Waals surface area contributed by atoms with Gasteiger partial charge in [-0.05, 0) is 68.1 Å². The summed E-state index contributed by atoms with van der Waals surface area (Å²) >= 11 is 0. The van der Waals surface area contributed by atoms with E-state index >= 15 is 0 Å². The standard InChI is InChI=1S/C24H24N4O/c1-15(2)29-20-7-8-22-21(14-20)24(28-27-22)18-9-10-25-23(13-18)26-19-11-16-5-3-4-6-17(16)12-19/h3-10,13-15,19H,11-12H2,1-2H3,(H,25,26)(H,27,28). The maximum absolute atomic E-state index is 5.86. The Morgan fingerprint density at radius 2 is 1.83 bits per heavy atom. The lowest BCUT2D eigenvalue weighted by atomic mass is 10.1. The first-order valence-electron chi connectivity index (χ1n) is 10.1. The van der Waals surface area contributed by atoms with Crippen molar-refractivity contribution in [3.8, 4) is 17.0 Å². The van der Waals surface area contributed by atoms with Crippen LogP contribution in [0.5, 0.6) is 5.75 Å². The second-order valence-electron chi connectivity index (χ2n) is 7.89. The average Bonchev–Trinajstić information content (AvgIpc) is 3.30. The predicted octanol–water partition coefficient (Wildman–Crippen LogP) is 4.99. The van der Waals surface area contributed by atoms with E-state index in [1.807, 2.05) is 38.2 Å². The Morgan fingerprint density at radius 1 is 1.03 bits per heavy atom. The van der Waals surface area contributed by atoms with Gasteiger partial charge in [-0.1, -0.05) is 24.3 Å². The molecule has 0 radical (unpaired) electrons. The van der Waals surface area contributed by atoms with Crippen molar-refractivity contribution < 1.29 is 4.74 Å².